The highest BCUT2D eigenvalue weighted by molar-refractivity contribution is 5.89. The summed E-state index contributed by atoms with van der Waals surface area (Å²) in [5.74, 6) is -0.307. The Morgan fingerprint density at radius 2 is 2.16 bits per heavy atom. The second kappa shape index (κ2) is 11.0. The van der Waals surface area contributed by atoms with Crippen LogP contribution in [0.4, 0.5) is 0 Å². The van der Waals surface area contributed by atoms with E-state index in [0.29, 0.717) is 24.8 Å². The summed E-state index contributed by atoms with van der Waals surface area (Å²) in [6.07, 6.45) is 8.48. The second-order valence-corrected chi connectivity index (χ2v) is 6.56. The maximum atomic E-state index is 12.2. The number of allylic oxidation sites excluding steroid dienone is 2. The molecule has 5 nitrogen and oxygen atoms in total. The van der Waals surface area contributed by atoms with Gasteiger partial charge in [-0.2, -0.15) is 0 Å². The minimum absolute atomic E-state index is 0.0654. The van der Waals surface area contributed by atoms with Crippen LogP contribution in [0.5, 0.6) is 0 Å². The average Bonchev–Trinajstić information content (AvgIpc) is 2.56. The molecular formula is C20H30O5. The Labute approximate surface area is 150 Å². The number of esters is 1. The predicted molar refractivity (Wildman–Crippen MR) is 98.0 cm³/mol. The quantitative estimate of drug-likeness (QED) is 0.268. The Morgan fingerprint density at radius 3 is 2.72 bits per heavy atom. The average molecular weight is 350 g/mol. The summed E-state index contributed by atoms with van der Waals surface area (Å²) >= 11 is 0. The molecule has 25 heavy (non-hydrogen) atoms. The van der Waals surface area contributed by atoms with Gasteiger partial charge in [-0.25, -0.2) is 9.68 Å². The molecule has 140 valence electrons. The lowest BCUT2D eigenvalue weighted by atomic mass is 9.97. The molecule has 0 radical (unpaired) electrons. The lowest BCUT2D eigenvalue weighted by Gasteiger charge is -2.24. The standard InChI is InChI=1S/C20H30O5/c1-14(2)18(25-23)10-8-17-9-11-19(24-20(17)22)16(4)7-5-6-15(3)12-13-21/h7,9,12,18-19,21,23H,1,5-6,8,10-11,13H2,2-4H3/b15-12-,16-7+/t18-,19-/m0/s1. The predicted octanol–water partition coefficient (Wildman–Crippen LogP) is 4.11. The summed E-state index contributed by atoms with van der Waals surface area (Å²) in [7, 11) is 0. The smallest absolute Gasteiger partial charge is 0.334 e. The number of hydrogen-bond acceptors (Lipinski definition) is 5. The van der Waals surface area contributed by atoms with Crippen LogP contribution in [0.15, 0.2) is 47.1 Å². The number of aliphatic hydroxyl groups is 1. The third kappa shape index (κ3) is 7.38. The molecule has 2 N–H and O–H groups in total. The van der Waals surface area contributed by atoms with Crippen LogP contribution in [0, 0.1) is 0 Å². The fourth-order valence-corrected chi connectivity index (χ4v) is 2.66. The fraction of sp³-hybridized carbons (Fsp3) is 0.550. The van der Waals surface area contributed by atoms with E-state index in [9.17, 15) is 4.79 Å². The Balaban J connectivity index is 2.54. The van der Waals surface area contributed by atoms with Crippen molar-refractivity contribution in [1.82, 2.24) is 0 Å². The molecule has 1 rings (SSSR count). The van der Waals surface area contributed by atoms with Crippen molar-refractivity contribution in [2.24, 2.45) is 0 Å². The van der Waals surface area contributed by atoms with Crippen molar-refractivity contribution < 1.29 is 24.8 Å². The molecule has 2 atom stereocenters. The Morgan fingerprint density at radius 1 is 1.44 bits per heavy atom. The van der Waals surface area contributed by atoms with Crippen molar-refractivity contribution in [3.63, 3.8) is 0 Å². The minimum atomic E-state index is -0.469. The van der Waals surface area contributed by atoms with Crippen LogP contribution in [-0.4, -0.2) is 35.1 Å². The molecule has 0 spiro atoms. The van der Waals surface area contributed by atoms with Crippen LogP contribution in [0.2, 0.25) is 0 Å². The maximum Gasteiger partial charge on any atom is 0.334 e. The molecule has 0 aromatic rings. The van der Waals surface area contributed by atoms with Crippen LogP contribution in [0.3, 0.4) is 0 Å². The maximum absolute atomic E-state index is 12.2. The lowest BCUT2D eigenvalue weighted by Crippen LogP contribution is -2.25. The van der Waals surface area contributed by atoms with E-state index in [1.54, 1.807) is 13.0 Å². The van der Waals surface area contributed by atoms with Gasteiger partial charge in [0.15, 0.2) is 0 Å². The molecule has 0 aliphatic carbocycles. The summed E-state index contributed by atoms with van der Waals surface area (Å²) in [6, 6.07) is 0. The van der Waals surface area contributed by atoms with Crippen molar-refractivity contribution in [3.8, 4) is 0 Å². The minimum Gasteiger partial charge on any atom is -0.454 e. The summed E-state index contributed by atoms with van der Waals surface area (Å²) in [5.41, 5.74) is 3.52. The van der Waals surface area contributed by atoms with Crippen molar-refractivity contribution in [2.75, 3.05) is 6.61 Å². The third-order valence-electron chi connectivity index (χ3n) is 4.40. The SMILES string of the molecule is C=C(C)[C@H](CCC1=CC[C@@H](/C(C)=C/CC/C(C)=C\CO)OC1=O)OO. The highest BCUT2D eigenvalue weighted by atomic mass is 17.1. The summed E-state index contributed by atoms with van der Waals surface area (Å²) < 4.78 is 5.54. The van der Waals surface area contributed by atoms with E-state index in [1.807, 2.05) is 19.9 Å². The number of hydrogen-bond donors (Lipinski definition) is 2. The van der Waals surface area contributed by atoms with Crippen LogP contribution in [0.25, 0.3) is 0 Å². The lowest BCUT2D eigenvalue weighted by molar-refractivity contribution is -0.269. The first-order valence-electron chi connectivity index (χ1n) is 8.67. The van der Waals surface area contributed by atoms with E-state index in [-0.39, 0.29) is 18.7 Å². The molecule has 0 saturated carbocycles. The van der Waals surface area contributed by atoms with Crippen molar-refractivity contribution >= 4 is 5.97 Å². The number of ether oxygens (including phenoxy) is 1. The van der Waals surface area contributed by atoms with E-state index < -0.39 is 6.10 Å². The molecule has 5 heteroatoms. The van der Waals surface area contributed by atoms with Gasteiger partial charge in [-0.05, 0) is 57.6 Å². The third-order valence-corrected chi connectivity index (χ3v) is 4.40. The van der Waals surface area contributed by atoms with Gasteiger partial charge in [0.1, 0.15) is 12.2 Å². The molecule has 0 amide bonds. The van der Waals surface area contributed by atoms with E-state index >= 15 is 0 Å². The monoisotopic (exact) mass is 350 g/mol. The molecule has 0 aromatic heterocycles. The first kappa shape index (κ1) is 21.4. The summed E-state index contributed by atoms with van der Waals surface area (Å²) in [5, 5.41) is 17.7. The molecule has 0 bridgehead atoms. The highest BCUT2D eigenvalue weighted by Crippen LogP contribution is 2.24. The molecule has 0 saturated heterocycles. The van der Waals surface area contributed by atoms with Gasteiger partial charge < -0.3 is 9.84 Å². The Bertz CT molecular complexity index is 556. The van der Waals surface area contributed by atoms with Gasteiger partial charge in [-0.1, -0.05) is 30.4 Å². The van der Waals surface area contributed by atoms with Gasteiger partial charge in [0.2, 0.25) is 0 Å². The van der Waals surface area contributed by atoms with E-state index in [4.69, 9.17) is 15.1 Å². The zero-order chi connectivity index (χ0) is 18.8. The summed E-state index contributed by atoms with van der Waals surface area (Å²) in [4.78, 5) is 16.5. The number of rotatable bonds is 10. The normalized spacial score (nSPS) is 20.1. The molecule has 0 aromatic carbocycles. The molecule has 1 heterocycles. The molecular weight excluding hydrogens is 320 g/mol. The van der Waals surface area contributed by atoms with E-state index in [1.165, 1.54) is 0 Å². The topological polar surface area (TPSA) is 76.0 Å². The van der Waals surface area contributed by atoms with Gasteiger partial charge in [0, 0.05) is 12.0 Å². The largest absolute Gasteiger partial charge is 0.454 e. The second-order valence-electron chi connectivity index (χ2n) is 6.56. The van der Waals surface area contributed by atoms with E-state index in [2.05, 4.69) is 17.5 Å². The van der Waals surface area contributed by atoms with E-state index in [0.717, 1.165) is 29.6 Å². The van der Waals surface area contributed by atoms with Gasteiger partial charge >= 0.3 is 5.97 Å². The zero-order valence-electron chi connectivity index (χ0n) is 15.5. The van der Waals surface area contributed by atoms with Gasteiger partial charge in [0.25, 0.3) is 0 Å². The van der Waals surface area contributed by atoms with Crippen LogP contribution >= 0.6 is 0 Å². The molecule has 0 fully saturated rings. The highest BCUT2D eigenvalue weighted by Gasteiger charge is 2.24. The van der Waals surface area contributed by atoms with Crippen LogP contribution in [0.1, 0.15) is 52.9 Å². The first-order valence-corrected chi connectivity index (χ1v) is 8.67. The fourth-order valence-electron chi connectivity index (χ4n) is 2.66. The Hall–Kier alpha value is -1.69. The zero-order valence-corrected chi connectivity index (χ0v) is 15.5. The van der Waals surface area contributed by atoms with Gasteiger partial charge in [-0.15, -0.1) is 0 Å². The number of carbonyl (C=O) groups excluding carboxylic acids is 1. The Kier molecular flexibility index (Phi) is 9.42. The van der Waals surface area contributed by atoms with Gasteiger partial charge in [-0.3, -0.25) is 5.26 Å². The summed E-state index contributed by atoms with van der Waals surface area (Å²) in [6.45, 7) is 9.55. The number of cyclic esters (lactones) is 1. The van der Waals surface area contributed by atoms with Crippen molar-refractivity contribution in [1.29, 1.82) is 0 Å². The van der Waals surface area contributed by atoms with Gasteiger partial charge in [0.05, 0.1) is 6.61 Å². The molecule has 0 unspecified atom stereocenters. The van der Waals surface area contributed by atoms with Crippen LogP contribution in [-0.2, 0) is 14.4 Å². The van der Waals surface area contributed by atoms with Crippen molar-refractivity contribution in [2.45, 2.75) is 65.1 Å². The van der Waals surface area contributed by atoms with Crippen LogP contribution < -0.4 is 0 Å². The number of aliphatic hydroxyl groups excluding tert-OH is 1. The first-order chi connectivity index (χ1) is 11.9. The van der Waals surface area contributed by atoms with Crippen molar-refractivity contribution in [3.05, 3.63) is 47.1 Å². The number of carbonyl (C=O) groups is 1. The molecule has 1 aliphatic heterocycles. The molecule has 1 aliphatic rings.